The fourth-order valence-electron chi connectivity index (χ4n) is 2.13. The first-order chi connectivity index (χ1) is 12.6. The van der Waals surface area contributed by atoms with E-state index in [0.29, 0.717) is 23.0 Å². The fraction of sp³-hybridized carbons (Fsp3) is 0.450. The standard InChI is InChI=1S/C15H19N3O3.C3H8.C2H6/c1-5-14-17-11(9-15(19)18(14)16-2)10-6-7-12(20-3)13(8-10)21-4;1-3-2;1-2/h5-9,16-17H,1-4H3;3H2,1-2H3;1-2H3/b14-5-;;. The summed E-state index contributed by atoms with van der Waals surface area (Å²) in [5, 5.41) is 4.64. The van der Waals surface area contributed by atoms with Crippen LogP contribution in [0.2, 0.25) is 0 Å². The number of carbonyl (C=O) groups excluding carboxylic acids is 1. The Bertz CT molecular complexity index is 625. The van der Waals surface area contributed by atoms with Crippen molar-refractivity contribution in [1.82, 2.24) is 15.8 Å². The van der Waals surface area contributed by atoms with Gasteiger partial charge >= 0.3 is 0 Å². The van der Waals surface area contributed by atoms with E-state index in [1.807, 2.05) is 39.0 Å². The number of rotatable bonds is 4. The molecule has 0 aromatic heterocycles. The molecule has 1 amide bonds. The Morgan fingerprint density at radius 1 is 1.15 bits per heavy atom. The monoisotopic (exact) mass is 363 g/mol. The van der Waals surface area contributed by atoms with Crippen molar-refractivity contribution in [3.63, 3.8) is 0 Å². The van der Waals surface area contributed by atoms with Gasteiger partial charge < -0.3 is 14.8 Å². The average molecular weight is 364 g/mol. The third kappa shape index (κ3) is 6.11. The van der Waals surface area contributed by atoms with Gasteiger partial charge in [-0.2, -0.15) is 0 Å². The van der Waals surface area contributed by atoms with Crippen molar-refractivity contribution in [2.75, 3.05) is 21.3 Å². The van der Waals surface area contributed by atoms with E-state index in [9.17, 15) is 4.79 Å². The molecule has 0 saturated carbocycles. The van der Waals surface area contributed by atoms with Gasteiger partial charge in [0, 0.05) is 18.7 Å². The Balaban J connectivity index is 0.00000113. The van der Waals surface area contributed by atoms with E-state index in [0.717, 1.165) is 5.56 Å². The van der Waals surface area contributed by atoms with Gasteiger partial charge in [-0.3, -0.25) is 4.79 Å². The van der Waals surface area contributed by atoms with Crippen LogP contribution >= 0.6 is 0 Å². The second kappa shape index (κ2) is 12.8. The molecule has 0 unspecified atom stereocenters. The predicted octanol–water partition coefficient (Wildman–Crippen LogP) is 3.91. The van der Waals surface area contributed by atoms with Gasteiger partial charge in [-0.1, -0.05) is 34.1 Å². The molecule has 26 heavy (non-hydrogen) atoms. The van der Waals surface area contributed by atoms with E-state index in [-0.39, 0.29) is 5.91 Å². The minimum Gasteiger partial charge on any atom is -0.493 e. The lowest BCUT2D eigenvalue weighted by molar-refractivity contribution is -0.127. The van der Waals surface area contributed by atoms with E-state index >= 15 is 0 Å². The lowest BCUT2D eigenvalue weighted by atomic mass is 10.1. The molecule has 146 valence electrons. The van der Waals surface area contributed by atoms with Crippen molar-refractivity contribution in [2.24, 2.45) is 0 Å². The Kier molecular flexibility index (Phi) is 11.6. The number of benzene rings is 1. The number of allylic oxidation sites excluding steroid dienone is 1. The molecule has 2 rings (SSSR count). The van der Waals surface area contributed by atoms with E-state index in [2.05, 4.69) is 24.6 Å². The molecule has 6 heteroatoms. The summed E-state index contributed by atoms with van der Waals surface area (Å²) >= 11 is 0. The maximum Gasteiger partial charge on any atom is 0.268 e. The summed E-state index contributed by atoms with van der Waals surface area (Å²) in [6, 6.07) is 5.50. The fourth-order valence-corrected chi connectivity index (χ4v) is 2.13. The largest absolute Gasteiger partial charge is 0.493 e. The van der Waals surface area contributed by atoms with Crippen LogP contribution in [0, 0.1) is 0 Å². The van der Waals surface area contributed by atoms with Crippen LogP contribution in [-0.4, -0.2) is 32.2 Å². The molecule has 2 N–H and O–H groups in total. The van der Waals surface area contributed by atoms with Crippen molar-refractivity contribution in [1.29, 1.82) is 0 Å². The van der Waals surface area contributed by atoms with Crippen molar-refractivity contribution >= 4 is 11.6 Å². The summed E-state index contributed by atoms with van der Waals surface area (Å²) in [6.45, 7) is 10.1. The van der Waals surface area contributed by atoms with Gasteiger partial charge in [0.15, 0.2) is 11.5 Å². The average Bonchev–Trinajstić information content (AvgIpc) is 2.68. The van der Waals surface area contributed by atoms with Crippen LogP contribution in [0.5, 0.6) is 11.5 Å². The number of hydrogen-bond donors (Lipinski definition) is 2. The highest BCUT2D eigenvalue weighted by molar-refractivity contribution is 5.98. The highest BCUT2D eigenvalue weighted by atomic mass is 16.5. The second-order valence-corrected chi connectivity index (χ2v) is 5.03. The van der Waals surface area contributed by atoms with Gasteiger partial charge in [-0.15, -0.1) is 0 Å². The molecular weight excluding hydrogens is 330 g/mol. The molecule has 0 saturated heterocycles. The van der Waals surface area contributed by atoms with E-state index < -0.39 is 0 Å². The minimum atomic E-state index is -0.144. The molecule has 0 spiro atoms. The molecule has 1 heterocycles. The van der Waals surface area contributed by atoms with Crippen molar-refractivity contribution in [3.05, 3.63) is 41.7 Å². The molecule has 1 aliphatic heterocycles. The molecule has 0 fully saturated rings. The van der Waals surface area contributed by atoms with Gasteiger partial charge in [-0.05, 0) is 31.2 Å². The number of nitrogens with one attached hydrogen (secondary N) is 2. The molecule has 0 aliphatic carbocycles. The van der Waals surface area contributed by atoms with Gasteiger partial charge in [-0.25, -0.2) is 10.4 Å². The van der Waals surface area contributed by atoms with Gasteiger partial charge in [0.25, 0.3) is 5.91 Å². The molecular formula is C20H33N3O3. The zero-order valence-electron chi connectivity index (χ0n) is 17.3. The van der Waals surface area contributed by atoms with Crippen LogP contribution < -0.4 is 20.2 Å². The number of methoxy groups -OCH3 is 2. The van der Waals surface area contributed by atoms with Crippen LogP contribution in [0.15, 0.2) is 36.2 Å². The second-order valence-electron chi connectivity index (χ2n) is 5.03. The predicted molar refractivity (Wildman–Crippen MR) is 108 cm³/mol. The smallest absolute Gasteiger partial charge is 0.268 e. The maximum absolute atomic E-state index is 12.1. The SMILES string of the molecule is C/C=C1/NC(c2ccc(OC)c(OC)c2)=CC(=O)N1NC.CC.CCC. The lowest BCUT2D eigenvalue weighted by Gasteiger charge is -2.29. The Morgan fingerprint density at radius 3 is 2.19 bits per heavy atom. The van der Waals surface area contributed by atoms with Crippen LogP contribution in [0.1, 0.15) is 46.6 Å². The van der Waals surface area contributed by atoms with Crippen LogP contribution in [0.4, 0.5) is 0 Å². The van der Waals surface area contributed by atoms with E-state index in [1.165, 1.54) is 17.5 Å². The summed E-state index contributed by atoms with van der Waals surface area (Å²) in [6.07, 6.45) is 4.60. The summed E-state index contributed by atoms with van der Waals surface area (Å²) < 4.78 is 10.5. The highest BCUT2D eigenvalue weighted by Gasteiger charge is 2.22. The third-order valence-electron chi connectivity index (χ3n) is 3.18. The highest BCUT2D eigenvalue weighted by Crippen LogP contribution is 2.30. The molecule has 1 aliphatic rings. The normalized spacial score (nSPS) is 14.3. The first-order valence-electron chi connectivity index (χ1n) is 8.95. The number of nitrogens with zero attached hydrogens (tertiary/aromatic N) is 1. The summed E-state index contributed by atoms with van der Waals surface area (Å²) in [5.41, 5.74) is 4.38. The number of hydrazine groups is 1. The minimum absolute atomic E-state index is 0.144. The lowest BCUT2D eigenvalue weighted by Crippen LogP contribution is -2.46. The quantitative estimate of drug-likeness (QED) is 0.849. The van der Waals surface area contributed by atoms with E-state index in [4.69, 9.17) is 9.47 Å². The first-order valence-corrected chi connectivity index (χ1v) is 8.95. The Morgan fingerprint density at radius 2 is 1.73 bits per heavy atom. The molecule has 1 aromatic rings. The Hall–Kier alpha value is -2.47. The molecule has 6 nitrogen and oxygen atoms in total. The van der Waals surface area contributed by atoms with Crippen molar-refractivity contribution < 1.29 is 14.3 Å². The summed E-state index contributed by atoms with van der Waals surface area (Å²) in [5.74, 6) is 1.79. The summed E-state index contributed by atoms with van der Waals surface area (Å²) in [7, 11) is 4.86. The van der Waals surface area contributed by atoms with Gasteiger partial charge in [0.05, 0.1) is 19.9 Å². The molecule has 0 atom stereocenters. The van der Waals surface area contributed by atoms with Gasteiger partial charge in [0.1, 0.15) is 5.82 Å². The van der Waals surface area contributed by atoms with Crippen LogP contribution in [0.25, 0.3) is 5.70 Å². The topological polar surface area (TPSA) is 62.8 Å². The summed E-state index contributed by atoms with van der Waals surface area (Å²) in [4.78, 5) is 12.1. The molecule has 0 radical (unpaired) electrons. The number of amides is 1. The first kappa shape index (κ1) is 23.5. The third-order valence-corrected chi connectivity index (χ3v) is 3.18. The van der Waals surface area contributed by atoms with Crippen LogP contribution in [-0.2, 0) is 4.79 Å². The maximum atomic E-state index is 12.1. The van der Waals surface area contributed by atoms with Crippen molar-refractivity contribution in [2.45, 2.75) is 41.0 Å². The van der Waals surface area contributed by atoms with E-state index in [1.54, 1.807) is 27.3 Å². The Labute approximate surface area is 157 Å². The number of hydrogen-bond acceptors (Lipinski definition) is 5. The van der Waals surface area contributed by atoms with Crippen LogP contribution in [0.3, 0.4) is 0 Å². The van der Waals surface area contributed by atoms with Crippen molar-refractivity contribution in [3.8, 4) is 11.5 Å². The number of carbonyl (C=O) groups is 1. The van der Waals surface area contributed by atoms with Gasteiger partial charge in [0.2, 0.25) is 0 Å². The zero-order chi connectivity index (χ0) is 20.1. The molecule has 1 aromatic carbocycles. The zero-order valence-corrected chi connectivity index (χ0v) is 17.3. The molecule has 0 bridgehead atoms. The number of ether oxygens (including phenoxy) is 2.